The lowest BCUT2D eigenvalue weighted by molar-refractivity contribution is -0.123. The van der Waals surface area contributed by atoms with Crippen molar-refractivity contribution in [1.29, 1.82) is 0 Å². The van der Waals surface area contributed by atoms with Gasteiger partial charge in [0.25, 0.3) is 0 Å². The SMILES string of the molecule is CC12CCC3C(CCC(O)C3(C)CCO)C1CC=C2c1cccnc1. The minimum Gasteiger partial charge on any atom is -0.396 e. The molecule has 3 nitrogen and oxygen atoms in total. The predicted octanol–water partition coefficient (Wildman–Crippen LogP) is 4.06. The molecular formula is C22H31NO2. The topological polar surface area (TPSA) is 53.4 Å². The van der Waals surface area contributed by atoms with Crippen LogP contribution in [0, 0.1) is 28.6 Å². The van der Waals surface area contributed by atoms with Crippen LogP contribution in [-0.4, -0.2) is 27.9 Å². The monoisotopic (exact) mass is 341 g/mol. The van der Waals surface area contributed by atoms with Gasteiger partial charge in [-0.2, -0.15) is 0 Å². The zero-order chi connectivity index (χ0) is 17.7. The summed E-state index contributed by atoms with van der Waals surface area (Å²) in [6.07, 6.45) is 12.2. The quantitative estimate of drug-likeness (QED) is 0.872. The van der Waals surface area contributed by atoms with E-state index in [2.05, 4.69) is 31.0 Å². The van der Waals surface area contributed by atoms with E-state index in [0.717, 1.165) is 32.1 Å². The molecule has 3 aliphatic rings. The van der Waals surface area contributed by atoms with Gasteiger partial charge in [-0.05, 0) is 84.3 Å². The first-order valence-electron chi connectivity index (χ1n) is 9.90. The van der Waals surface area contributed by atoms with Crippen molar-refractivity contribution in [2.75, 3.05) is 6.61 Å². The molecule has 2 N–H and O–H groups in total. The highest BCUT2D eigenvalue weighted by atomic mass is 16.3. The van der Waals surface area contributed by atoms with E-state index in [1.165, 1.54) is 17.6 Å². The van der Waals surface area contributed by atoms with Gasteiger partial charge in [0, 0.05) is 19.0 Å². The van der Waals surface area contributed by atoms with Gasteiger partial charge in [-0.3, -0.25) is 4.98 Å². The third-order valence-corrected chi connectivity index (χ3v) is 8.02. The number of hydrogen-bond acceptors (Lipinski definition) is 3. The van der Waals surface area contributed by atoms with Gasteiger partial charge in [0.05, 0.1) is 6.10 Å². The van der Waals surface area contributed by atoms with E-state index in [9.17, 15) is 10.2 Å². The lowest BCUT2D eigenvalue weighted by Crippen LogP contribution is -2.53. The van der Waals surface area contributed by atoms with Gasteiger partial charge >= 0.3 is 0 Å². The maximum atomic E-state index is 10.7. The zero-order valence-electron chi connectivity index (χ0n) is 15.5. The minimum atomic E-state index is -0.266. The molecule has 1 aromatic heterocycles. The summed E-state index contributed by atoms with van der Waals surface area (Å²) in [5.41, 5.74) is 2.86. The van der Waals surface area contributed by atoms with Crippen molar-refractivity contribution in [3.05, 3.63) is 36.2 Å². The largest absolute Gasteiger partial charge is 0.396 e. The van der Waals surface area contributed by atoms with Crippen molar-refractivity contribution >= 4 is 5.57 Å². The fraction of sp³-hybridized carbons (Fsp3) is 0.682. The fourth-order valence-corrected chi connectivity index (χ4v) is 6.57. The molecule has 0 spiro atoms. The molecule has 3 aliphatic carbocycles. The predicted molar refractivity (Wildman–Crippen MR) is 99.7 cm³/mol. The van der Waals surface area contributed by atoms with Crippen molar-refractivity contribution < 1.29 is 10.2 Å². The Bertz CT molecular complexity index is 657. The number of aliphatic hydroxyl groups excluding tert-OH is 2. The Morgan fingerprint density at radius 3 is 2.76 bits per heavy atom. The highest BCUT2D eigenvalue weighted by Gasteiger charge is 2.57. The first-order chi connectivity index (χ1) is 12.0. The van der Waals surface area contributed by atoms with E-state index < -0.39 is 0 Å². The highest BCUT2D eigenvalue weighted by molar-refractivity contribution is 5.72. The first-order valence-corrected chi connectivity index (χ1v) is 9.90. The number of hydrogen-bond donors (Lipinski definition) is 2. The standard InChI is InChI=1S/C22H31NO2/c1-21-10-9-19-16(5-8-20(25)22(19,2)11-13-24)18(21)7-6-17(21)15-4-3-12-23-14-15/h3-4,6,12,14,16,18-20,24-25H,5,7-11,13H2,1-2H3. The van der Waals surface area contributed by atoms with Crippen LogP contribution in [0.3, 0.4) is 0 Å². The molecule has 6 atom stereocenters. The van der Waals surface area contributed by atoms with Crippen LogP contribution in [0.1, 0.15) is 57.9 Å². The molecule has 25 heavy (non-hydrogen) atoms. The van der Waals surface area contributed by atoms with Gasteiger partial charge in [-0.25, -0.2) is 0 Å². The molecular weight excluding hydrogens is 310 g/mol. The molecule has 0 bridgehead atoms. The van der Waals surface area contributed by atoms with E-state index in [0.29, 0.717) is 17.8 Å². The highest BCUT2D eigenvalue weighted by Crippen LogP contribution is 2.65. The van der Waals surface area contributed by atoms with Crippen LogP contribution in [0.4, 0.5) is 0 Å². The molecule has 0 amide bonds. The smallest absolute Gasteiger partial charge is 0.0597 e. The molecule has 0 radical (unpaired) electrons. The van der Waals surface area contributed by atoms with Crippen LogP contribution >= 0.6 is 0 Å². The van der Waals surface area contributed by atoms with Crippen LogP contribution in [0.15, 0.2) is 30.6 Å². The maximum absolute atomic E-state index is 10.7. The summed E-state index contributed by atoms with van der Waals surface area (Å²) in [4.78, 5) is 4.34. The summed E-state index contributed by atoms with van der Waals surface area (Å²) < 4.78 is 0. The zero-order valence-corrected chi connectivity index (χ0v) is 15.5. The van der Waals surface area contributed by atoms with Crippen LogP contribution < -0.4 is 0 Å². The lowest BCUT2D eigenvalue weighted by atomic mass is 9.48. The molecule has 1 aromatic rings. The molecule has 3 heteroatoms. The second kappa shape index (κ2) is 6.21. The second-order valence-corrected chi connectivity index (χ2v) is 9.00. The van der Waals surface area contributed by atoms with E-state index in [1.54, 1.807) is 0 Å². The van der Waals surface area contributed by atoms with Gasteiger partial charge < -0.3 is 10.2 Å². The van der Waals surface area contributed by atoms with Crippen LogP contribution in [-0.2, 0) is 0 Å². The molecule has 2 saturated carbocycles. The average molecular weight is 341 g/mol. The summed E-state index contributed by atoms with van der Waals surface area (Å²) in [6, 6.07) is 4.23. The Morgan fingerprint density at radius 2 is 2.04 bits per heavy atom. The molecule has 0 saturated heterocycles. The molecule has 136 valence electrons. The first kappa shape index (κ1) is 17.2. The summed E-state index contributed by atoms with van der Waals surface area (Å²) in [5.74, 6) is 1.85. The Balaban J connectivity index is 1.64. The summed E-state index contributed by atoms with van der Waals surface area (Å²) in [6.45, 7) is 4.85. The van der Waals surface area contributed by atoms with E-state index in [4.69, 9.17) is 0 Å². The summed E-state index contributed by atoms with van der Waals surface area (Å²) in [5, 5.41) is 20.3. The average Bonchev–Trinajstić information content (AvgIpc) is 2.96. The molecule has 2 fully saturated rings. The summed E-state index contributed by atoms with van der Waals surface area (Å²) >= 11 is 0. The second-order valence-electron chi connectivity index (χ2n) is 9.00. The van der Waals surface area contributed by atoms with Gasteiger partial charge in [-0.15, -0.1) is 0 Å². The number of aliphatic hydroxyl groups is 2. The van der Waals surface area contributed by atoms with Crippen LogP contribution in [0.5, 0.6) is 0 Å². The Kier molecular flexibility index (Phi) is 4.28. The Labute approximate surface area is 151 Å². The summed E-state index contributed by atoms with van der Waals surface area (Å²) in [7, 11) is 0. The van der Waals surface area contributed by atoms with Crippen LogP contribution in [0.2, 0.25) is 0 Å². The van der Waals surface area contributed by atoms with Crippen LogP contribution in [0.25, 0.3) is 5.57 Å². The van der Waals surface area contributed by atoms with Crippen molar-refractivity contribution in [2.24, 2.45) is 28.6 Å². The van der Waals surface area contributed by atoms with E-state index in [-0.39, 0.29) is 23.5 Å². The van der Waals surface area contributed by atoms with Crippen molar-refractivity contribution in [2.45, 2.75) is 58.5 Å². The normalized spacial score (nSPS) is 43.3. The Morgan fingerprint density at radius 1 is 1.20 bits per heavy atom. The lowest BCUT2D eigenvalue weighted by Gasteiger charge is -2.57. The van der Waals surface area contributed by atoms with E-state index in [1.807, 2.05) is 18.5 Å². The number of nitrogens with zero attached hydrogens (tertiary/aromatic N) is 1. The van der Waals surface area contributed by atoms with Crippen molar-refractivity contribution in [3.8, 4) is 0 Å². The third-order valence-electron chi connectivity index (χ3n) is 8.02. The number of rotatable bonds is 3. The van der Waals surface area contributed by atoms with Gasteiger partial charge in [0.2, 0.25) is 0 Å². The number of allylic oxidation sites excluding steroid dienone is 2. The Hall–Kier alpha value is -1.19. The van der Waals surface area contributed by atoms with Gasteiger partial charge in [-0.1, -0.05) is 26.0 Å². The molecule has 4 rings (SSSR count). The molecule has 0 aliphatic heterocycles. The third kappa shape index (κ3) is 2.50. The van der Waals surface area contributed by atoms with Crippen molar-refractivity contribution in [1.82, 2.24) is 4.98 Å². The minimum absolute atomic E-state index is 0.129. The van der Waals surface area contributed by atoms with Gasteiger partial charge in [0.1, 0.15) is 0 Å². The molecule has 6 unspecified atom stereocenters. The van der Waals surface area contributed by atoms with Crippen molar-refractivity contribution in [3.63, 3.8) is 0 Å². The number of aromatic nitrogens is 1. The maximum Gasteiger partial charge on any atom is 0.0597 e. The fourth-order valence-electron chi connectivity index (χ4n) is 6.57. The van der Waals surface area contributed by atoms with Gasteiger partial charge in [0.15, 0.2) is 0 Å². The number of pyridine rings is 1. The van der Waals surface area contributed by atoms with E-state index >= 15 is 0 Å². The number of fused-ring (bicyclic) bond motifs is 3. The molecule has 0 aromatic carbocycles. The molecule has 1 heterocycles.